The quantitative estimate of drug-likeness (QED) is 0.463. The number of nitrogens with zero attached hydrogens (tertiary/aromatic N) is 3. The van der Waals surface area contributed by atoms with Gasteiger partial charge in [0.05, 0.1) is 12.7 Å². The van der Waals surface area contributed by atoms with Gasteiger partial charge < -0.3 is 20.1 Å². The van der Waals surface area contributed by atoms with Crippen LogP contribution in [0.25, 0.3) is 6.08 Å². The highest BCUT2D eigenvalue weighted by molar-refractivity contribution is 6.28. The molecule has 0 spiro atoms. The van der Waals surface area contributed by atoms with Crippen LogP contribution in [0.4, 0.5) is 14.5 Å². The summed E-state index contributed by atoms with van der Waals surface area (Å²) in [4.78, 5) is 44.7. The second-order valence-electron chi connectivity index (χ2n) is 7.46. The van der Waals surface area contributed by atoms with Crippen LogP contribution in [0.3, 0.4) is 0 Å². The van der Waals surface area contributed by atoms with Crippen molar-refractivity contribution in [2.45, 2.75) is 31.8 Å². The number of aliphatic hydroxyl groups excluding tert-OH is 2. The zero-order chi connectivity index (χ0) is 24.0. The first-order valence-corrected chi connectivity index (χ1v) is 9.70. The molecule has 0 saturated carbocycles. The first-order valence-electron chi connectivity index (χ1n) is 9.70. The van der Waals surface area contributed by atoms with Gasteiger partial charge in [-0.15, -0.1) is 0 Å². The minimum Gasteiger partial charge on any atom is -0.503 e. The Morgan fingerprint density at radius 2 is 1.94 bits per heavy atom. The highest BCUT2D eigenvalue weighted by Crippen LogP contribution is 2.29. The molecule has 1 amide bonds. The predicted molar refractivity (Wildman–Crippen MR) is 110 cm³/mol. The van der Waals surface area contributed by atoms with E-state index in [1.54, 1.807) is 0 Å². The summed E-state index contributed by atoms with van der Waals surface area (Å²) in [6.45, 7) is 0.925. The van der Waals surface area contributed by atoms with Gasteiger partial charge in [0, 0.05) is 12.6 Å². The van der Waals surface area contributed by atoms with Crippen LogP contribution in [0.2, 0.25) is 0 Å². The Hall–Kier alpha value is -3.68. The fourth-order valence-corrected chi connectivity index (χ4v) is 3.64. The lowest BCUT2D eigenvalue weighted by molar-refractivity contribution is -0.113. The molecule has 0 unspecified atom stereocenters. The Labute approximate surface area is 183 Å². The standard InChI is InChI=1S/C20H18F2N4O7/c1-8-23-12(4-9-2-10(21)17(29)11(22)3-9)19(31)26(8)13-6-25(20(32)24-18(13)30)16-5-14(28)15(7-27)33-16/h2-4,6,14-16,27-29H,5,7H2,1H3,(H,24,30,32)/b12-4+/t14-,15+,16+/m0/s1. The lowest BCUT2D eigenvalue weighted by atomic mass is 10.1. The summed E-state index contributed by atoms with van der Waals surface area (Å²) in [5.74, 6) is -4.38. The number of phenols is 1. The highest BCUT2D eigenvalue weighted by Gasteiger charge is 2.37. The van der Waals surface area contributed by atoms with Crippen molar-refractivity contribution in [1.29, 1.82) is 0 Å². The number of anilines is 1. The van der Waals surface area contributed by atoms with E-state index in [2.05, 4.69) is 9.98 Å². The number of nitrogens with one attached hydrogen (secondary N) is 1. The molecule has 4 rings (SSSR count). The SMILES string of the molecule is CC1=N/C(=C/c2cc(F)c(O)c(F)c2)C(=O)N1c1cn([C@H]2C[C@H](O)[C@@H](CO)O2)c(=O)[nH]c1=O. The zero-order valence-corrected chi connectivity index (χ0v) is 17.0. The molecule has 4 N–H and O–H groups in total. The number of aromatic hydroxyl groups is 1. The third-order valence-electron chi connectivity index (χ3n) is 5.25. The van der Waals surface area contributed by atoms with Crippen molar-refractivity contribution < 1.29 is 33.6 Å². The van der Waals surface area contributed by atoms with Gasteiger partial charge in [-0.1, -0.05) is 0 Å². The van der Waals surface area contributed by atoms with Gasteiger partial charge in [-0.25, -0.2) is 18.6 Å². The molecule has 0 aliphatic carbocycles. The van der Waals surface area contributed by atoms with Gasteiger partial charge in [0.25, 0.3) is 11.5 Å². The van der Waals surface area contributed by atoms with E-state index in [0.717, 1.165) is 33.9 Å². The molecule has 1 saturated heterocycles. The fraction of sp³-hybridized carbons (Fsp3) is 0.300. The number of ether oxygens (including phenoxy) is 1. The lowest BCUT2D eigenvalue weighted by Gasteiger charge is -2.19. The van der Waals surface area contributed by atoms with Crippen LogP contribution in [-0.2, 0) is 9.53 Å². The maximum atomic E-state index is 13.6. The van der Waals surface area contributed by atoms with Gasteiger partial charge >= 0.3 is 5.69 Å². The summed E-state index contributed by atoms with van der Waals surface area (Å²) in [5.41, 5.74) is -2.38. The summed E-state index contributed by atoms with van der Waals surface area (Å²) in [6, 6.07) is 1.61. The number of amides is 1. The van der Waals surface area contributed by atoms with Crippen LogP contribution in [0.1, 0.15) is 25.1 Å². The summed E-state index contributed by atoms with van der Waals surface area (Å²) >= 11 is 0. The molecular formula is C20H18F2N4O7. The van der Waals surface area contributed by atoms with Gasteiger partial charge in [-0.3, -0.25) is 24.0 Å². The molecule has 0 radical (unpaired) electrons. The van der Waals surface area contributed by atoms with Crippen molar-refractivity contribution >= 4 is 23.5 Å². The number of carbonyl (C=O) groups excluding carboxylic acids is 1. The van der Waals surface area contributed by atoms with Crippen molar-refractivity contribution in [3.8, 4) is 5.75 Å². The van der Waals surface area contributed by atoms with E-state index < -0.39 is 59.6 Å². The number of aliphatic hydroxyl groups is 2. The molecule has 1 fully saturated rings. The van der Waals surface area contributed by atoms with Crippen molar-refractivity contribution in [2.24, 2.45) is 4.99 Å². The number of halogens is 2. The predicted octanol–water partition coefficient (Wildman–Crippen LogP) is -0.0328. The molecule has 13 heteroatoms. The molecular weight excluding hydrogens is 446 g/mol. The Bertz CT molecular complexity index is 1290. The minimum atomic E-state index is -1.23. The molecule has 3 atom stereocenters. The number of rotatable bonds is 4. The van der Waals surface area contributed by atoms with Crippen molar-refractivity contribution in [3.05, 3.63) is 62.1 Å². The zero-order valence-electron chi connectivity index (χ0n) is 17.0. The number of aliphatic imine (C=N–C) groups is 1. The highest BCUT2D eigenvalue weighted by atomic mass is 19.1. The van der Waals surface area contributed by atoms with E-state index in [-0.39, 0.29) is 29.2 Å². The molecule has 2 aliphatic heterocycles. The molecule has 0 bridgehead atoms. The molecule has 1 aromatic carbocycles. The number of aromatic amines is 1. The van der Waals surface area contributed by atoms with E-state index >= 15 is 0 Å². The Kier molecular flexibility index (Phi) is 5.69. The van der Waals surface area contributed by atoms with Crippen LogP contribution >= 0.6 is 0 Å². The Balaban J connectivity index is 1.70. The summed E-state index contributed by atoms with van der Waals surface area (Å²) < 4.78 is 33.7. The van der Waals surface area contributed by atoms with Crippen molar-refractivity contribution in [1.82, 2.24) is 9.55 Å². The van der Waals surface area contributed by atoms with E-state index in [0.29, 0.717) is 0 Å². The smallest absolute Gasteiger partial charge is 0.330 e. The Morgan fingerprint density at radius 3 is 2.55 bits per heavy atom. The van der Waals surface area contributed by atoms with Crippen molar-refractivity contribution in [3.63, 3.8) is 0 Å². The van der Waals surface area contributed by atoms with Gasteiger partial charge in [-0.2, -0.15) is 0 Å². The third kappa shape index (κ3) is 3.97. The van der Waals surface area contributed by atoms with Crippen LogP contribution in [-0.4, -0.2) is 55.4 Å². The normalized spacial score (nSPS) is 24.1. The second kappa shape index (κ2) is 8.35. The van der Waals surface area contributed by atoms with E-state index in [4.69, 9.17) is 4.74 Å². The molecule has 3 heterocycles. The first-order chi connectivity index (χ1) is 15.6. The van der Waals surface area contributed by atoms with E-state index in [9.17, 15) is 38.5 Å². The van der Waals surface area contributed by atoms with E-state index in [1.165, 1.54) is 6.92 Å². The molecule has 33 heavy (non-hydrogen) atoms. The molecule has 174 valence electrons. The number of aromatic nitrogens is 2. The number of carbonyl (C=O) groups is 1. The largest absolute Gasteiger partial charge is 0.503 e. The maximum Gasteiger partial charge on any atom is 0.330 e. The number of hydrogen-bond acceptors (Lipinski definition) is 8. The average molecular weight is 464 g/mol. The summed E-state index contributed by atoms with van der Waals surface area (Å²) in [7, 11) is 0. The van der Waals surface area contributed by atoms with Gasteiger partial charge in [0.15, 0.2) is 17.4 Å². The summed E-state index contributed by atoms with van der Waals surface area (Å²) in [6.07, 6.45) is -0.870. The molecule has 2 aliphatic rings. The second-order valence-corrected chi connectivity index (χ2v) is 7.46. The number of benzene rings is 1. The first kappa shape index (κ1) is 22.5. The van der Waals surface area contributed by atoms with E-state index in [1.807, 2.05) is 0 Å². The number of phenolic OH excluding ortho intramolecular Hbond substituents is 1. The van der Waals surface area contributed by atoms with Gasteiger partial charge in [0.1, 0.15) is 29.6 Å². The van der Waals surface area contributed by atoms with Gasteiger partial charge in [-0.05, 0) is 30.7 Å². The number of amidine groups is 1. The monoisotopic (exact) mass is 464 g/mol. The van der Waals surface area contributed by atoms with Crippen molar-refractivity contribution in [2.75, 3.05) is 11.5 Å². The van der Waals surface area contributed by atoms with Gasteiger partial charge in [0.2, 0.25) is 0 Å². The molecule has 2 aromatic rings. The van der Waals surface area contributed by atoms with Crippen LogP contribution < -0.4 is 16.1 Å². The summed E-state index contributed by atoms with van der Waals surface area (Å²) in [5, 5.41) is 28.4. The fourth-order valence-electron chi connectivity index (χ4n) is 3.64. The average Bonchev–Trinajstić information content (AvgIpc) is 3.25. The molecule has 11 nitrogen and oxygen atoms in total. The van der Waals surface area contributed by atoms with Crippen LogP contribution in [0.15, 0.2) is 38.6 Å². The maximum absolute atomic E-state index is 13.6. The number of hydrogen-bond donors (Lipinski definition) is 4. The topological polar surface area (TPSA) is 157 Å². The van der Waals surface area contributed by atoms with Crippen LogP contribution in [0.5, 0.6) is 5.75 Å². The lowest BCUT2D eigenvalue weighted by Crippen LogP contribution is -2.40. The third-order valence-corrected chi connectivity index (χ3v) is 5.25. The molecule has 1 aromatic heterocycles. The minimum absolute atomic E-state index is 0.0409. The number of H-pyrrole nitrogens is 1. The Morgan fingerprint density at radius 1 is 1.27 bits per heavy atom. The van der Waals surface area contributed by atoms with Crippen LogP contribution in [0, 0.1) is 11.6 Å².